The van der Waals surface area contributed by atoms with E-state index >= 15 is 0 Å². The van der Waals surface area contributed by atoms with Crippen LogP contribution in [-0.4, -0.2) is 19.3 Å². The van der Waals surface area contributed by atoms with Crippen molar-refractivity contribution in [1.82, 2.24) is 19.3 Å². The van der Waals surface area contributed by atoms with Gasteiger partial charge in [-0.15, -0.1) is 0 Å². The lowest BCUT2D eigenvalue weighted by atomic mass is 9.95. The summed E-state index contributed by atoms with van der Waals surface area (Å²) in [5, 5.41) is 4.54. The average Bonchev–Trinajstić information content (AvgIpc) is 2.88. The minimum Gasteiger partial charge on any atom is -0.369 e. The highest BCUT2D eigenvalue weighted by Crippen LogP contribution is 2.31. The molecule has 2 heterocycles. The van der Waals surface area contributed by atoms with Crippen LogP contribution in [0.4, 0.5) is 5.95 Å². The van der Waals surface area contributed by atoms with E-state index in [2.05, 4.69) is 42.3 Å². The third-order valence-electron chi connectivity index (χ3n) is 4.21. The van der Waals surface area contributed by atoms with E-state index in [0.29, 0.717) is 17.9 Å². The second-order valence-electron chi connectivity index (χ2n) is 5.23. The van der Waals surface area contributed by atoms with Crippen molar-refractivity contribution in [3.05, 3.63) is 5.69 Å². The zero-order chi connectivity index (χ0) is 14.2. The molecule has 1 unspecified atom stereocenters. The van der Waals surface area contributed by atoms with Gasteiger partial charge >= 0.3 is 0 Å². The number of nitrogens with two attached hydrogens (primary N) is 1. The van der Waals surface area contributed by atoms with E-state index in [1.807, 2.05) is 11.6 Å². The molecule has 0 amide bonds. The van der Waals surface area contributed by atoms with Gasteiger partial charge in [0.2, 0.25) is 5.95 Å². The quantitative estimate of drug-likeness (QED) is 0.901. The fourth-order valence-corrected chi connectivity index (χ4v) is 3.01. The summed E-state index contributed by atoms with van der Waals surface area (Å²) in [6.07, 6.45) is 2.30. The summed E-state index contributed by atoms with van der Waals surface area (Å²) < 4.78 is 4.17. The summed E-state index contributed by atoms with van der Waals surface area (Å²) in [6, 6.07) is 0.349. The number of rotatable bonds is 5. The number of aromatic nitrogens is 4. The molecule has 2 rings (SSSR count). The number of fused-ring (bicyclic) bond motifs is 1. The number of imidazole rings is 1. The summed E-state index contributed by atoms with van der Waals surface area (Å²) >= 11 is 0. The molecule has 0 aromatic carbocycles. The maximum Gasteiger partial charge on any atom is 0.202 e. The zero-order valence-corrected chi connectivity index (χ0v) is 12.6. The number of aryl methyl sites for hydroxylation is 2. The van der Waals surface area contributed by atoms with E-state index in [1.165, 1.54) is 0 Å². The van der Waals surface area contributed by atoms with Crippen LogP contribution in [0.3, 0.4) is 0 Å². The molecule has 2 aromatic rings. The first kappa shape index (κ1) is 13.9. The number of nitrogens with zero attached hydrogens (tertiary/aromatic N) is 4. The molecule has 5 heteroatoms. The Bertz CT molecular complexity index is 562. The van der Waals surface area contributed by atoms with Crippen LogP contribution < -0.4 is 5.73 Å². The summed E-state index contributed by atoms with van der Waals surface area (Å²) in [6.45, 7) is 11.6. The van der Waals surface area contributed by atoms with Crippen molar-refractivity contribution in [3.8, 4) is 0 Å². The predicted molar refractivity (Wildman–Crippen MR) is 79.1 cm³/mol. The van der Waals surface area contributed by atoms with Gasteiger partial charge in [-0.05, 0) is 26.7 Å². The fourth-order valence-electron chi connectivity index (χ4n) is 3.01. The van der Waals surface area contributed by atoms with Crippen molar-refractivity contribution >= 4 is 17.1 Å². The van der Waals surface area contributed by atoms with Gasteiger partial charge in [-0.25, -0.2) is 9.67 Å². The van der Waals surface area contributed by atoms with Crippen molar-refractivity contribution in [2.45, 2.75) is 60.0 Å². The van der Waals surface area contributed by atoms with E-state index in [1.54, 1.807) is 0 Å². The van der Waals surface area contributed by atoms with Gasteiger partial charge in [-0.2, -0.15) is 5.10 Å². The smallest absolute Gasteiger partial charge is 0.202 e. The van der Waals surface area contributed by atoms with Gasteiger partial charge in [-0.3, -0.25) is 4.57 Å². The van der Waals surface area contributed by atoms with Gasteiger partial charge in [0.25, 0.3) is 0 Å². The number of hydrogen-bond acceptors (Lipinski definition) is 3. The van der Waals surface area contributed by atoms with Crippen LogP contribution in [0.15, 0.2) is 0 Å². The topological polar surface area (TPSA) is 61.7 Å². The molecule has 0 bridgehead atoms. The summed E-state index contributed by atoms with van der Waals surface area (Å²) in [4.78, 5) is 4.51. The normalized spacial score (nSPS) is 13.6. The Labute approximate surface area is 114 Å². The van der Waals surface area contributed by atoms with E-state index in [0.717, 1.165) is 36.2 Å². The van der Waals surface area contributed by atoms with Crippen LogP contribution in [-0.2, 0) is 6.54 Å². The molecule has 0 fully saturated rings. The molecule has 2 aromatic heterocycles. The molecule has 1 atom stereocenters. The Kier molecular flexibility index (Phi) is 3.83. The molecule has 2 N–H and O–H groups in total. The first-order valence-corrected chi connectivity index (χ1v) is 7.25. The third-order valence-corrected chi connectivity index (χ3v) is 4.21. The van der Waals surface area contributed by atoms with Crippen LogP contribution in [0, 0.1) is 12.8 Å². The monoisotopic (exact) mass is 263 g/mol. The Balaban J connectivity index is 2.61. The lowest BCUT2D eigenvalue weighted by Gasteiger charge is -2.24. The van der Waals surface area contributed by atoms with Crippen molar-refractivity contribution in [1.29, 1.82) is 0 Å². The van der Waals surface area contributed by atoms with Gasteiger partial charge in [0.15, 0.2) is 5.65 Å². The lowest BCUT2D eigenvalue weighted by molar-refractivity contribution is 0.339. The van der Waals surface area contributed by atoms with E-state index < -0.39 is 0 Å². The van der Waals surface area contributed by atoms with Gasteiger partial charge in [0.1, 0.15) is 5.52 Å². The molecular weight excluding hydrogens is 238 g/mol. The molecule has 0 aliphatic heterocycles. The first-order chi connectivity index (χ1) is 9.04. The summed E-state index contributed by atoms with van der Waals surface area (Å²) in [7, 11) is 0. The van der Waals surface area contributed by atoms with Gasteiger partial charge in [-0.1, -0.05) is 26.7 Å². The van der Waals surface area contributed by atoms with Gasteiger partial charge in [0, 0.05) is 12.6 Å². The molecule has 19 heavy (non-hydrogen) atoms. The van der Waals surface area contributed by atoms with E-state index in [4.69, 9.17) is 5.73 Å². The van der Waals surface area contributed by atoms with Crippen LogP contribution >= 0.6 is 0 Å². The summed E-state index contributed by atoms with van der Waals surface area (Å²) in [5.74, 6) is 1.22. The highest BCUT2D eigenvalue weighted by atomic mass is 15.4. The van der Waals surface area contributed by atoms with Crippen LogP contribution in [0.5, 0.6) is 0 Å². The Morgan fingerprint density at radius 3 is 2.37 bits per heavy atom. The van der Waals surface area contributed by atoms with E-state index in [9.17, 15) is 0 Å². The molecule has 0 aliphatic carbocycles. The molecular formula is C14H25N5. The van der Waals surface area contributed by atoms with Gasteiger partial charge < -0.3 is 5.73 Å². The molecule has 0 saturated carbocycles. The Hall–Kier alpha value is -1.52. The second kappa shape index (κ2) is 5.23. The molecule has 106 valence electrons. The minimum absolute atomic E-state index is 0.349. The van der Waals surface area contributed by atoms with Crippen molar-refractivity contribution in [2.75, 3.05) is 5.73 Å². The van der Waals surface area contributed by atoms with Gasteiger partial charge in [0.05, 0.1) is 5.69 Å². The van der Waals surface area contributed by atoms with Crippen LogP contribution in [0.1, 0.15) is 52.3 Å². The number of anilines is 1. The largest absolute Gasteiger partial charge is 0.369 e. The second-order valence-corrected chi connectivity index (χ2v) is 5.23. The molecule has 0 radical (unpaired) electrons. The van der Waals surface area contributed by atoms with Crippen molar-refractivity contribution in [2.24, 2.45) is 5.92 Å². The molecule has 0 spiro atoms. The SMILES string of the molecule is CCC(CC)C(C)n1c(N)nc2c(C)nn(CC)c21. The van der Waals surface area contributed by atoms with Crippen LogP contribution in [0.2, 0.25) is 0 Å². The maximum atomic E-state index is 6.15. The first-order valence-electron chi connectivity index (χ1n) is 7.25. The number of hydrogen-bond donors (Lipinski definition) is 1. The standard InChI is InChI=1S/C14H25N5/c1-6-11(7-2)10(5)19-13-12(16-14(19)15)9(4)17-18(13)8-3/h10-11H,6-8H2,1-5H3,(H2,15,16). The molecule has 0 saturated heterocycles. The lowest BCUT2D eigenvalue weighted by Crippen LogP contribution is -2.19. The summed E-state index contributed by atoms with van der Waals surface area (Å²) in [5.41, 5.74) is 9.11. The highest BCUT2D eigenvalue weighted by molar-refractivity contribution is 5.77. The van der Waals surface area contributed by atoms with E-state index in [-0.39, 0.29) is 0 Å². The third kappa shape index (κ3) is 2.11. The predicted octanol–water partition coefficient (Wildman–Crippen LogP) is 3.14. The fraction of sp³-hybridized carbons (Fsp3) is 0.714. The minimum atomic E-state index is 0.349. The zero-order valence-electron chi connectivity index (χ0n) is 12.6. The van der Waals surface area contributed by atoms with Crippen molar-refractivity contribution in [3.63, 3.8) is 0 Å². The maximum absolute atomic E-state index is 6.15. The molecule has 0 aliphatic rings. The Morgan fingerprint density at radius 1 is 1.21 bits per heavy atom. The average molecular weight is 263 g/mol. The highest BCUT2D eigenvalue weighted by Gasteiger charge is 2.24. The van der Waals surface area contributed by atoms with Crippen molar-refractivity contribution < 1.29 is 0 Å². The number of nitrogen functional groups attached to an aromatic ring is 1. The Morgan fingerprint density at radius 2 is 1.84 bits per heavy atom. The van der Waals surface area contributed by atoms with Crippen LogP contribution in [0.25, 0.3) is 11.2 Å². The molecule has 5 nitrogen and oxygen atoms in total.